The Morgan fingerprint density at radius 1 is 0.816 bits per heavy atom. The third-order valence-electron chi connectivity index (χ3n) is 7.09. The van der Waals surface area contributed by atoms with E-state index in [-0.39, 0.29) is 11.6 Å². The van der Waals surface area contributed by atoms with Gasteiger partial charge in [-0.3, -0.25) is 18.5 Å². The summed E-state index contributed by atoms with van der Waals surface area (Å²) in [7, 11) is 9.00. The van der Waals surface area contributed by atoms with Crippen molar-refractivity contribution in [3.8, 4) is 28.3 Å². The van der Waals surface area contributed by atoms with Crippen molar-refractivity contribution < 1.29 is 4.79 Å². The smallest absolute Gasteiger partial charge is 0.328 e. The van der Waals surface area contributed by atoms with Crippen LogP contribution in [0.3, 0.4) is 0 Å². The number of aryl methyl sites for hydroxylation is 3. The molecule has 1 amide bonds. The largest absolute Gasteiger partial charge is 0.345 e. The normalized spacial score (nSPS) is 11.5. The molecule has 0 fully saturated rings. The van der Waals surface area contributed by atoms with Gasteiger partial charge in [-0.1, -0.05) is 18.2 Å². The molecule has 38 heavy (non-hydrogen) atoms. The third kappa shape index (κ3) is 3.54. The van der Waals surface area contributed by atoms with E-state index in [2.05, 4.69) is 27.8 Å². The zero-order valence-corrected chi connectivity index (χ0v) is 21.9. The second-order valence-corrected chi connectivity index (χ2v) is 9.71. The lowest BCUT2D eigenvalue weighted by Crippen LogP contribution is -2.21. The van der Waals surface area contributed by atoms with Gasteiger partial charge in [-0.25, -0.2) is 14.8 Å². The van der Waals surface area contributed by atoms with E-state index < -0.39 is 0 Å². The predicted octanol–water partition coefficient (Wildman–Crippen LogP) is 3.99. The molecule has 0 atom stereocenters. The first-order chi connectivity index (χ1) is 18.2. The van der Waals surface area contributed by atoms with Crippen molar-refractivity contribution in [1.82, 2.24) is 33.1 Å². The second-order valence-electron chi connectivity index (χ2n) is 9.71. The second kappa shape index (κ2) is 8.58. The van der Waals surface area contributed by atoms with Crippen LogP contribution in [0, 0.1) is 0 Å². The molecule has 0 aliphatic heterocycles. The van der Waals surface area contributed by atoms with Crippen LogP contribution in [0.5, 0.6) is 0 Å². The van der Waals surface area contributed by atoms with Crippen molar-refractivity contribution in [1.29, 1.82) is 0 Å². The minimum Gasteiger partial charge on any atom is -0.345 e. The van der Waals surface area contributed by atoms with Gasteiger partial charge in [-0.2, -0.15) is 0 Å². The van der Waals surface area contributed by atoms with E-state index in [0.717, 1.165) is 50.4 Å². The Hall–Kier alpha value is -4.92. The molecule has 0 saturated carbocycles. The molecule has 0 unspecified atom stereocenters. The fraction of sp³-hybridized carbons (Fsp3) is 0.172. The summed E-state index contributed by atoms with van der Waals surface area (Å²) in [5.74, 6) is 0.726. The molecule has 0 aliphatic carbocycles. The zero-order valence-electron chi connectivity index (χ0n) is 21.9. The maximum absolute atomic E-state index is 12.5. The van der Waals surface area contributed by atoms with Gasteiger partial charge >= 0.3 is 5.69 Å². The van der Waals surface area contributed by atoms with E-state index >= 15 is 0 Å². The lowest BCUT2D eigenvalue weighted by atomic mass is 10.0. The van der Waals surface area contributed by atoms with Gasteiger partial charge in [0.2, 0.25) is 0 Å². The van der Waals surface area contributed by atoms with Gasteiger partial charge < -0.3 is 9.47 Å². The lowest BCUT2D eigenvalue weighted by Gasteiger charge is -2.11. The number of imidazole rings is 3. The monoisotopic (exact) mass is 505 g/mol. The Morgan fingerprint density at radius 2 is 1.50 bits per heavy atom. The first kappa shape index (κ1) is 23.5. The number of carbonyl (C=O) groups excluding carboxylic acids is 1. The van der Waals surface area contributed by atoms with Crippen molar-refractivity contribution in [3.63, 3.8) is 0 Å². The van der Waals surface area contributed by atoms with Crippen LogP contribution in [0.25, 0.3) is 50.4 Å². The molecule has 3 aromatic carbocycles. The van der Waals surface area contributed by atoms with Crippen molar-refractivity contribution >= 4 is 28.0 Å². The summed E-state index contributed by atoms with van der Waals surface area (Å²) in [4.78, 5) is 35.7. The highest BCUT2D eigenvalue weighted by Gasteiger charge is 2.19. The predicted molar refractivity (Wildman–Crippen MR) is 148 cm³/mol. The number of benzene rings is 3. The van der Waals surface area contributed by atoms with Gasteiger partial charge in [-0.05, 0) is 53.6 Å². The number of hydrogen-bond donors (Lipinski definition) is 0. The van der Waals surface area contributed by atoms with Gasteiger partial charge in [0, 0.05) is 46.5 Å². The first-order valence-corrected chi connectivity index (χ1v) is 12.2. The van der Waals surface area contributed by atoms with E-state index in [1.165, 1.54) is 0 Å². The van der Waals surface area contributed by atoms with Crippen LogP contribution < -0.4 is 5.69 Å². The summed E-state index contributed by atoms with van der Waals surface area (Å²) in [5, 5.41) is 0. The number of aromatic nitrogens is 6. The van der Waals surface area contributed by atoms with Crippen molar-refractivity contribution in [2.24, 2.45) is 21.1 Å². The van der Waals surface area contributed by atoms with Crippen molar-refractivity contribution in [2.75, 3.05) is 14.1 Å². The van der Waals surface area contributed by atoms with Gasteiger partial charge in [0.1, 0.15) is 5.69 Å². The first-order valence-electron chi connectivity index (χ1n) is 12.2. The van der Waals surface area contributed by atoms with Crippen LogP contribution >= 0.6 is 0 Å². The molecule has 0 radical (unpaired) electrons. The fourth-order valence-corrected chi connectivity index (χ4v) is 4.96. The number of fused-ring (bicyclic) bond motifs is 2. The number of nitrogens with zero attached hydrogens (tertiary/aromatic N) is 7. The highest BCUT2D eigenvalue weighted by molar-refractivity contribution is 5.94. The average molecular weight is 506 g/mol. The molecule has 0 N–H and O–H groups in total. The van der Waals surface area contributed by atoms with E-state index in [1.807, 2.05) is 54.1 Å². The molecule has 3 aromatic heterocycles. The molecule has 9 heteroatoms. The Bertz CT molecular complexity index is 1920. The molecule has 3 heterocycles. The summed E-state index contributed by atoms with van der Waals surface area (Å²) < 4.78 is 7.35. The van der Waals surface area contributed by atoms with Gasteiger partial charge in [0.05, 0.1) is 34.6 Å². The molecule has 6 rings (SSSR count). The maximum atomic E-state index is 12.5. The van der Waals surface area contributed by atoms with Crippen LogP contribution in [0.15, 0.2) is 78.0 Å². The Kier molecular flexibility index (Phi) is 5.30. The average Bonchev–Trinajstić information content (AvgIpc) is 3.58. The van der Waals surface area contributed by atoms with Gasteiger partial charge in [0.25, 0.3) is 5.91 Å². The summed E-state index contributed by atoms with van der Waals surface area (Å²) in [6, 6.07) is 19.8. The highest BCUT2D eigenvalue weighted by Crippen LogP contribution is 2.32. The quantitative estimate of drug-likeness (QED) is 0.363. The van der Waals surface area contributed by atoms with Crippen LogP contribution in [0.1, 0.15) is 10.4 Å². The number of hydrogen-bond acceptors (Lipinski definition) is 4. The minimum atomic E-state index is -0.0672. The third-order valence-corrected chi connectivity index (χ3v) is 7.09. The molecule has 190 valence electrons. The van der Waals surface area contributed by atoms with Gasteiger partial charge in [-0.15, -0.1) is 0 Å². The fourth-order valence-electron chi connectivity index (χ4n) is 4.96. The Labute approximate surface area is 218 Å². The van der Waals surface area contributed by atoms with Crippen molar-refractivity contribution in [3.05, 3.63) is 89.2 Å². The maximum Gasteiger partial charge on any atom is 0.328 e. The number of carbonyl (C=O) groups is 1. The van der Waals surface area contributed by atoms with Crippen LogP contribution in [-0.2, 0) is 21.1 Å². The van der Waals surface area contributed by atoms with Crippen LogP contribution in [0.4, 0.5) is 0 Å². The number of rotatable bonds is 4. The van der Waals surface area contributed by atoms with Gasteiger partial charge in [0.15, 0.2) is 5.82 Å². The summed E-state index contributed by atoms with van der Waals surface area (Å²) in [6.07, 6.45) is 3.56. The van der Waals surface area contributed by atoms with E-state index in [1.54, 1.807) is 54.7 Å². The molecule has 0 saturated heterocycles. The topological polar surface area (TPSA) is 82.9 Å². The molecular formula is C29H27N7O2. The molecule has 9 nitrogen and oxygen atoms in total. The summed E-state index contributed by atoms with van der Waals surface area (Å²) in [5.41, 5.74) is 7.83. The number of amides is 1. The molecular weight excluding hydrogens is 478 g/mol. The van der Waals surface area contributed by atoms with Crippen molar-refractivity contribution in [2.45, 2.75) is 0 Å². The molecule has 0 spiro atoms. The zero-order chi connectivity index (χ0) is 26.7. The standard InChI is InChI=1S/C29H27N7O2/c1-32(2)28(37)19-8-6-18(7-9-19)20-10-12-23-22(14-20)31-27(26-16-30-17-33(26)3)36(23)21-11-13-24-25(15-21)35(5)29(38)34(24)4/h6-17H,1-5H3. The molecule has 6 aromatic rings. The summed E-state index contributed by atoms with van der Waals surface area (Å²) >= 11 is 0. The van der Waals surface area contributed by atoms with E-state index in [9.17, 15) is 9.59 Å². The van der Waals surface area contributed by atoms with E-state index in [0.29, 0.717) is 5.56 Å². The minimum absolute atomic E-state index is 0.0283. The lowest BCUT2D eigenvalue weighted by molar-refractivity contribution is 0.0827. The van der Waals surface area contributed by atoms with Crippen LogP contribution in [0.2, 0.25) is 0 Å². The molecule has 0 aliphatic rings. The van der Waals surface area contributed by atoms with E-state index in [4.69, 9.17) is 4.98 Å². The SMILES string of the molecule is CN(C)C(=O)c1ccc(-c2ccc3c(c2)nc(-c2cncn2C)n3-c2ccc3c(c2)n(C)c(=O)n3C)cc1. The molecule has 0 bridgehead atoms. The Balaban J connectivity index is 1.53. The highest BCUT2D eigenvalue weighted by atomic mass is 16.2. The summed E-state index contributed by atoms with van der Waals surface area (Å²) in [6.45, 7) is 0. The van der Waals surface area contributed by atoms with Crippen LogP contribution in [-0.4, -0.2) is 53.1 Å². The Morgan fingerprint density at radius 3 is 2.18 bits per heavy atom.